The summed E-state index contributed by atoms with van der Waals surface area (Å²) in [5, 5.41) is 12.8. The van der Waals surface area contributed by atoms with Gasteiger partial charge < -0.3 is 15.4 Å². The number of hydrogen-bond acceptors (Lipinski definition) is 4. The topological polar surface area (TPSA) is 90.1 Å². The fourth-order valence-electron chi connectivity index (χ4n) is 1.88. The van der Waals surface area contributed by atoms with E-state index in [0.29, 0.717) is 6.07 Å². The molecule has 0 bridgehead atoms. The summed E-state index contributed by atoms with van der Waals surface area (Å²) in [6, 6.07) is 2.53. The number of carbonyl (C=O) groups is 1. The Morgan fingerprint density at radius 2 is 2.12 bits per heavy atom. The second kappa shape index (κ2) is 6.48. The molecule has 0 unspecified atom stereocenters. The lowest BCUT2D eigenvalue weighted by molar-refractivity contribution is -0.389. The van der Waals surface area contributed by atoms with E-state index in [9.17, 15) is 28.1 Å². The Morgan fingerprint density at radius 3 is 2.67 bits per heavy atom. The number of nitrogens with one attached hydrogen (secondary N) is 1. The van der Waals surface area contributed by atoms with Crippen LogP contribution in [0.4, 0.5) is 24.7 Å². The molecular formula is C13H10ClF3N4O3. The summed E-state index contributed by atoms with van der Waals surface area (Å²) in [5.41, 5.74) is -1.17. The number of hydrogen-bond donors (Lipinski definition) is 1. The second-order valence-corrected chi connectivity index (χ2v) is 5.18. The quantitative estimate of drug-likeness (QED) is 0.666. The molecule has 7 nitrogen and oxygen atoms in total. The Balaban J connectivity index is 2.17. The van der Waals surface area contributed by atoms with Crippen LogP contribution in [0, 0.1) is 17.0 Å². The number of nitro groups is 1. The van der Waals surface area contributed by atoms with Gasteiger partial charge in [-0.15, -0.1) is 0 Å². The summed E-state index contributed by atoms with van der Waals surface area (Å²) in [5.74, 6) is -0.920. The van der Waals surface area contributed by atoms with Crippen molar-refractivity contribution >= 4 is 29.0 Å². The molecule has 2 rings (SSSR count). The molecule has 1 N–H and O–H groups in total. The van der Waals surface area contributed by atoms with Crippen molar-refractivity contribution < 1.29 is 22.9 Å². The van der Waals surface area contributed by atoms with E-state index >= 15 is 0 Å². The number of rotatable bonds is 4. The summed E-state index contributed by atoms with van der Waals surface area (Å²) >= 11 is 5.78. The van der Waals surface area contributed by atoms with E-state index in [1.165, 1.54) is 11.5 Å². The summed E-state index contributed by atoms with van der Waals surface area (Å²) in [7, 11) is 0. The van der Waals surface area contributed by atoms with Gasteiger partial charge in [0.1, 0.15) is 12.7 Å². The van der Waals surface area contributed by atoms with Gasteiger partial charge in [0.25, 0.3) is 0 Å². The molecule has 0 saturated carbocycles. The Bertz CT molecular complexity index is 804. The van der Waals surface area contributed by atoms with Gasteiger partial charge in [0.2, 0.25) is 11.7 Å². The first-order chi connectivity index (χ1) is 11.1. The van der Waals surface area contributed by atoms with Crippen molar-refractivity contribution in [1.82, 2.24) is 9.55 Å². The van der Waals surface area contributed by atoms with Crippen LogP contribution < -0.4 is 5.32 Å². The smallest absolute Gasteiger partial charge is 0.358 e. The van der Waals surface area contributed by atoms with Crippen LogP contribution in [0.2, 0.25) is 5.02 Å². The molecule has 1 aromatic heterocycles. The highest BCUT2D eigenvalue weighted by Gasteiger charge is 2.31. The van der Waals surface area contributed by atoms with Gasteiger partial charge in [-0.25, -0.2) is 0 Å². The summed E-state index contributed by atoms with van der Waals surface area (Å²) in [6.07, 6.45) is -3.52. The fraction of sp³-hybridized carbons (Fsp3) is 0.231. The first-order valence-corrected chi connectivity index (χ1v) is 6.80. The minimum absolute atomic E-state index is 0.0651. The molecule has 0 aliphatic heterocycles. The maximum absolute atomic E-state index is 12.7. The third-order valence-corrected chi connectivity index (χ3v) is 3.36. The highest BCUT2D eigenvalue weighted by molar-refractivity contribution is 6.33. The van der Waals surface area contributed by atoms with Crippen molar-refractivity contribution in [3.8, 4) is 0 Å². The van der Waals surface area contributed by atoms with E-state index in [-0.39, 0.29) is 23.1 Å². The van der Waals surface area contributed by atoms with Crippen molar-refractivity contribution in [1.29, 1.82) is 0 Å². The first kappa shape index (κ1) is 17.7. The largest absolute Gasteiger partial charge is 0.416 e. The van der Waals surface area contributed by atoms with Crippen LogP contribution in [-0.2, 0) is 17.5 Å². The Labute approximate surface area is 138 Å². The zero-order valence-corrected chi connectivity index (χ0v) is 12.9. The molecule has 1 heterocycles. The van der Waals surface area contributed by atoms with Gasteiger partial charge in [-0.3, -0.25) is 9.36 Å². The number of aryl methyl sites for hydroxylation is 1. The molecule has 0 aliphatic rings. The van der Waals surface area contributed by atoms with Crippen molar-refractivity contribution in [2.24, 2.45) is 0 Å². The van der Waals surface area contributed by atoms with Crippen LogP contribution >= 0.6 is 11.6 Å². The third kappa shape index (κ3) is 4.02. The van der Waals surface area contributed by atoms with Crippen LogP contribution in [-0.4, -0.2) is 20.4 Å². The van der Waals surface area contributed by atoms with E-state index in [1.54, 1.807) is 0 Å². The average molecular weight is 363 g/mol. The zero-order valence-electron chi connectivity index (χ0n) is 12.1. The number of benzene rings is 1. The molecule has 0 aliphatic carbocycles. The normalized spacial score (nSPS) is 11.4. The summed E-state index contributed by atoms with van der Waals surface area (Å²) in [6.45, 7) is 1.09. The van der Waals surface area contributed by atoms with Crippen molar-refractivity contribution in [3.63, 3.8) is 0 Å². The monoisotopic (exact) mass is 362 g/mol. The number of amides is 1. The Kier molecular flexibility index (Phi) is 4.78. The van der Waals surface area contributed by atoms with Gasteiger partial charge in [-0.05, 0) is 28.1 Å². The third-order valence-electron chi connectivity index (χ3n) is 3.03. The summed E-state index contributed by atoms with van der Waals surface area (Å²) < 4.78 is 39.3. The van der Waals surface area contributed by atoms with Crippen LogP contribution in [0.5, 0.6) is 0 Å². The number of anilines is 1. The molecule has 11 heteroatoms. The Hall–Kier alpha value is -2.62. The van der Waals surface area contributed by atoms with Crippen molar-refractivity contribution in [2.75, 3.05) is 5.32 Å². The van der Waals surface area contributed by atoms with Crippen molar-refractivity contribution in [3.05, 3.63) is 50.9 Å². The van der Waals surface area contributed by atoms with Gasteiger partial charge in [0.05, 0.1) is 16.3 Å². The molecule has 0 atom stereocenters. The van der Waals surface area contributed by atoms with E-state index in [4.69, 9.17) is 11.6 Å². The molecule has 0 fully saturated rings. The van der Waals surface area contributed by atoms with Crippen LogP contribution in [0.1, 0.15) is 11.4 Å². The molecule has 0 radical (unpaired) electrons. The minimum atomic E-state index is -4.58. The van der Waals surface area contributed by atoms with Gasteiger partial charge in [0.15, 0.2) is 0 Å². The molecule has 0 spiro atoms. The first-order valence-electron chi connectivity index (χ1n) is 6.42. The lowest BCUT2D eigenvalue weighted by Crippen LogP contribution is -2.19. The van der Waals surface area contributed by atoms with E-state index in [2.05, 4.69) is 10.3 Å². The summed E-state index contributed by atoms with van der Waals surface area (Å²) in [4.78, 5) is 25.5. The van der Waals surface area contributed by atoms with Gasteiger partial charge in [-0.2, -0.15) is 13.2 Å². The van der Waals surface area contributed by atoms with E-state index < -0.39 is 28.4 Å². The molecule has 0 saturated heterocycles. The second-order valence-electron chi connectivity index (χ2n) is 4.77. The number of carbonyl (C=O) groups excluding carboxylic acids is 1. The molecule has 2 aromatic rings. The van der Waals surface area contributed by atoms with Crippen LogP contribution in [0.15, 0.2) is 24.4 Å². The molecule has 1 amide bonds. The van der Waals surface area contributed by atoms with Crippen molar-refractivity contribution in [2.45, 2.75) is 19.6 Å². The predicted octanol–water partition coefficient (Wildman–Crippen LogP) is 3.41. The SMILES string of the molecule is Cc1nc([N+](=O)[O-])cn1CC(=O)Nc1cc(C(F)(F)F)ccc1Cl. The minimum Gasteiger partial charge on any atom is -0.358 e. The lowest BCUT2D eigenvalue weighted by atomic mass is 10.2. The highest BCUT2D eigenvalue weighted by Crippen LogP contribution is 2.33. The maximum atomic E-state index is 12.7. The van der Waals surface area contributed by atoms with Gasteiger partial charge in [0, 0.05) is 6.92 Å². The molecule has 24 heavy (non-hydrogen) atoms. The number of halogens is 4. The van der Waals surface area contributed by atoms with Gasteiger partial charge >= 0.3 is 12.0 Å². The van der Waals surface area contributed by atoms with Crippen LogP contribution in [0.25, 0.3) is 0 Å². The standard InChI is InChI=1S/C13H10ClF3N4O3/c1-7-18-11(21(23)24)5-20(7)6-12(22)19-10-4-8(13(15,16)17)2-3-9(10)14/h2-5H,6H2,1H3,(H,19,22). The molecule has 1 aromatic carbocycles. The zero-order chi connectivity index (χ0) is 18.1. The highest BCUT2D eigenvalue weighted by atomic mass is 35.5. The lowest BCUT2D eigenvalue weighted by Gasteiger charge is -2.11. The number of imidazole rings is 1. The number of alkyl halides is 3. The van der Waals surface area contributed by atoms with E-state index in [0.717, 1.165) is 18.3 Å². The average Bonchev–Trinajstić information content (AvgIpc) is 2.81. The number of aromatic nitrogens is 2. The molecule has 128 valence electrons. The van der Waals surface area contributed by atoms with E-state index in [1.807, 2.05) is 0 Å². The van der Waals surface area contributed by atoms with Crippen LogP contribution in [0.3, 0.4) is 0 Å². The molecular weight excluding hydrogens is 353 g/mol. The predicted molar refractivity (Wildman–Crippen MR) is 78.7 cm³/mol. The Morgan fingerprint density at radius 1 is 1.46 bits per heavy atom. The fourth-order valence-corrected chi connectivity index (χ4v) is 2.05. The number of nitrogens with zero attached hydrogens (tertiary/aromatic N) is 3. The van der Waals surface area contributed by atoms with Gasteiger partial charge in [-0.1, -0.05) is 11.6 Å². The maximum Gasteiger partial charge on any atom is 0.416 e.